The van der Waals surface area contributed by atoms with Crippen molar-refractivity contribution >= 4 is 51.9 Å². The number of hydrogen-bond donors (Lipinski definition) is 2. The van der Waals surface area contributed by atoms with Crippen LogP contribution >= 0.6 is 24.0 Å². The molecule has 1 heterocycles. The summed E-state index contributed by atoms with van der Waals surface area (Å²) in [6, 6.07) is 12.6. The first-order valence-corrected chi connectivity index (χ1v) is 9.62. The average molecular weight is 415 g/mol. The Labute approximate surface area is 172 Å². The Morgan fingerprint density at radius 3 is 2.46 bits per heavy atom. The van der Waals surface area contributed by atoms with E-state index in [4.69, 9.17) is 17.0 Å². The molecule has 1 aliphatic heterocycles. The maximum atomic E-state index is 12.8. The van der Waals surface area contributed by atoms with Gasteiger partial charge in [0.25, 0.3) is 5.91 Å². The van der Waals surface area contributed by atoms with Crippen LogP contribution in [0.3, 0.4) is 0 Å². The van der Waals surface area contributed by atoms with Gasteiger partial charge in [0, 0.05) is 5.69 Å². The minimum atomic E-state index is -0.775. The lowest BCUT2D eigenvalue weighted by molar-refractivity contribution is -0.129. The van der Waals surface area contributed by atoms with E-state index in [1.54, 1.807) is 44.4 Å². The fourth-order valence-electron chi connectivity index (χ4n) is 2.57. The first-order chi connectivity index (χ1) is 13.4. The van der Waals surface area contributed by atoms with Crippen molar-refractivity contribution in [2.75, 3.05) is 12.4 Å². The number of methoxy groups -OCH3 is 1. The van der Waals surface area contributed by atoms with Crippen LogP contribution in [0, 0.1) is 0 Å². The highest BCUT2D eigenvalue weighted by molar-refractivity contribution is 8.26. The van der Waals surface area contributed by atoms with Gasteiger partial charge in [-0.1, -0.05) is 36.1 Å². The highest BCUT2D eigenvalue weighted by atomic mass is 32.2. The molecule has 0 radical (unpaired) electrons. The van der Waals surface area contributed by atoms with Crippen LogP contribution in [0.5, 0.6) is 11.5 Å². The van der Waals surface area contributed by atoms with Gasteiger partial charge in [0.15, 0.2) is 0 Å². The molecule has 2 N–H and O–H groups in total. The number of anilines is 1. The molecule has 144 valence electrons. The standard InChI is InChI=1S/C20H18N2O4S2/c1-12(18(24)21-14-5-7-15(23)8-6-14)22-19(25)17(28-20(22)27)11-13-3-9-16(26-2)10-4-13/h3-12,23H,1-2H3,(H,21,24)/b17-11-. The van der Waals surface area contributed by atoms with Crippen LogP contribution in [0.2, 0.25) is 0 Å². The lowest BCUT2D eigenvalue weighted by atomic mass is 10.2. The topological polar surface area (TPSA) is 78.9 Å². The SMILES string of the molecule is COc1ccc(/C=C2\SC(=S)N(C(C)C(=O)Nc3ccc(O)cc3)C2=O)cc1. The third-order valence-electron chi connectivity index (χ3n) is 4.14. The summed E-state index contributed by atoms with van der Waals surface area (Å²) in [4.78, 5) is 27.1. The fourth-order valence-corrected chi connectivity index (χ4v) is 3.99. The van der Waals surface area contributed by atoms with Gasteiger partial charge in [-0.2, -0.15) is 0 Å². The maximum absolute atomic E-state index is 12.8. The van der Waals surface area contributed by atoms with Gasteiger partial charge < -0.3 is 15.2 Å². The van der Waals surface area contributed by atoms with Crippen molar-refractivity contribution in [2.45, 2.75) is 13.0 Å². The normalized spacial score (nSPS) is 16.4. The Kier molecular flexibility index (Phi) is 6.01. The van der Waals surface area contributed by atoms with Crippen molar-refractivity contribution in [1.29, 1.82) is 0 Å². The van der Waals surface area contributed by atoms with Crippen LogP contribution in [0.15, 0.2) is 53.4 Å². The van der Waals surface area contributed by atoms with Gasteiger partial charge in [0.1, 0.15) is 21.9 Å². The van der Waals surface area contributed by atoms with E-state index in [0.717, 1.165) is 11.3 Å². The number of rotatable bonds is 5. The van der Waals surface area contributed by atoms with E-state index >= 15 is 0 Å². The molecule has 0 saturated carbocycles. The average Bonchev–Trinajstić information content (AvgIpc) is 2.96. The molecular weight excluding hydrogens is 396 g/mol. The highest BCUT2D eigenvalue weighted by Gasteiger charge is 2.38. The zero-order valence-electron chi connectivity index (χ0n) is 15.2. The highest BCUT2D eigenvalue weighted by Crippen LogP contribution is 2.34. The molecule has 3 rings (SSSR count). The second-order valence-electron chi connectivity index (χ2n) is 6.04. The van der Waals surface area contributed by atoms with Gasteiger partial charge in [0.2, 0.25) is 5.91 Å². The Morgan fingerprint density at radius 2 is 1.86 bits per heavy atom. The van der Waals surface area contributed by atoms with Gasteiger partial charge in [0.05, 0.1) is 12.0 Å². The van der Waals surface area contributed by atoms with Crippen molar-refractivity contribution in [3.8, 4) is 11.5 Å². The quantitative estimate of drug-likeness (QED) is 0.442. The molecule has 6 nitrogen and oxygen atoms in total. The number of phenols is 1. The molecule has 28 heavy (non-hydrogen) atoms. The van der Waals surface area contributed by atoms with Crippen molar-refractivity contribution in [2.24, 2.45) is 0 Å². The maximum Gasteiger partial charge on any atom is 0.266 e. The number of carbonyl (C=O) groups excluding carboxylic acids is 2. The van der Waals surface area contributed by atoms with Crippen LogP contribution in [0.4, 0.5) is 5.69 Å². The van der Waals surface area contributed by atoms with Crippen molar-refractivity contribution in [3.63, 3.8) is 0 Å². The smallest absolute Gasteiger partial charge is 0.266 e. The Bertz CT molecular complexity index is 940. The predicted octanol–water partition coefficient (Wildman–Crippen LogP) is 3.63. The number of thioether (sulfide) groups is 1. The summed E-state index contributed by atoms with van der Waals surface area (Å²) in [5, 5.41) is 12.0. The number of aromatic hydroxyl groups is 1. The van der Waals surface area contributed by atoms with E-state index in [0.29, 0.717) is 14.9 Å². The molecule has 0 bridgehead atoms. The van der Waals surface area contributed by atoms with E-state index in [-0.39, 0.29) is 17.6 Å². The van der Waals surface area contributed by atoms with Crippen molar-refractivity contribution < 1.29 is 19.4 Å². The molecule has 0 aliphatic carbocycles. The largest absolute Gasteiger partial charge is 0.508 e. The van der Waals surface area contributed by atoms with E-state index in [1.807, 2.05) is 12.1 Å². The summed E-state index contributed by atoms with van der Waals surface area (Å²) < 4.78 is 5.46. The van der Waals surface area contributed by atoms with Crippen LogP contribution in [0.25, 0.3) is 6.08 Å². The minimum absolute atomic E-state index is 0.103. The van der Waals surface area contributed by atoms with Crippen molar-refractivity contribution in [3.05, 3.63) is 59.0 Å². The lowest BCUT2D eigenvalue weighted by Crippen LogP contribution is -2.44. The number of hydrogen-bond acceptors (Lipinski definition) is 6. The summed E-state index contributed by atoms with van der Waals surface area (Å²) in [6.07, 6.45) is 1.74. The first kappa shape index (κ1) is 19.9. The van der Waals surface area contributed by atoms with Gasteiger partial charge in [-0.3, -0.25) is 14.5 Å². The lowest BCUT2D eigenvalue weighted by Gasteiger charge is -2.22. The molecule has 2 aromatic rings. The number of nitrogens with one attached hydrogen (secondary N) is 1. The molecule has 0 aromatic heterocycles. The molecule has 1 aliphatic rings. The van der Waals surface area contributed by atoms with Crippen molar-refractivity contribution in [1.82, 2.24) is 4.90 Å². The number of phenolic OH excluding ortho intramolecular Hbond substituents is 1. The summed E-state index contributed by atoms with van der Waals surface area (Å²) in [5.41, 5.74) is 1.36. The molecule has 8 heteroatoms. The number of carbonyl (C=O) groups is 2. The van der Waals surface area contributed by atoms with Gasteiger partial charge in [-0.25, -0.2) is 0 Å². The number of ether oxygens (including phenoxy) is 1. The third kappa shape index (κ3) is 4.35. The zero-order valence-corrected chi connectivity index (χ0v) is 16.8. The van der Waals surface area contributed by atoms with Gasteiger partial charge in [-0.05, 0) is 55.0 Å². The Morgan fingerprint density at radius 1 is 1.21 bits per heavy atom. The minimum Gasteiger partial charge on any atom is -0.508 e. The fraction of sp³-hybridized carbons (Fsp3) is 0.150. The monoisotopic (exact) mass is 414 g/mol. The van der Waals surface area contributed by atoms with E-state index < -0.39 is 6.04 Å². The van der Waals surface area contributed by atoms with Crippen LogP contribution in [-0.2, 0) is 9.59 Å². The summed E-state index contributed by atoms with van der Waals surface area (Å²) in [7, 11) is 1.59. The number of thiocarbonyl (C=S) groups is 1. The predicted molar refractivity (Wildman–Crippen MR) is 114 cm³/mol. The molecule has 2 amide bonds. The van der Waals surface area contributed by atoms with E-state index in [9.17, 15) is 14.7 Å². The van der Waals surface area contributed by atoms with Crippen LogP contribution in [0.1, 0.15) is 12.5 Å². The first-order valence-electron chi connectivity index (χ1n) is 8.40. The second-order valence-corrected chi connectivity index (χ2v) is 7.71. The second kappa shape index (κ2) is 8.45. The molecule has 1 atom stereocenters. The molecular formula is C20H18N2O4S2. The van der Waals surface area contributed by atoms with Gasteiger partial charge >= 0.3 is 0 Å². The molecule has 1 saturated heterocycles. The third-order valence-corrected chi connectivity index (χ3v) is 5.47. The summed E-state index contributed by atoms with van der Waals surface area (Å²) in [6.45, 7) is 1.62. The Hall–Kier alpha value is -2.84. The van der Waals surface area contributed by atoms with E-state index in [2.05, 4.69) is 5.32 Å². The summed E-state index contributed by atoms with van der Waals surface area (Å²) >= 11 is 6.49. The van der Waals surface area contributed by atoms with E-state index in [1.165, 1.54) is 28.8 Å². The zero-order chi connectivity index (χ0) is 20.3. The molecule has 2 aromatic carbocycles. The van der Waals surface area contributed by atoms with Gasteiger partial charge in [-0.15, -0.1) is 0 Å². The number of amides is 2. The Balaban J connectivity index is 1.73. The summed E-state index contributed by atoms with van der Waals surface area (Å²) in [5.74, 6) is 0.155. The van der Waals surface area contributed by atoms with Crippen LogP contribution < -0.4 is 10.1 Å². The molecule has 1 fully saturated rings. The molecule has 0 spiro atoms. The number of nitrogens with zero attached hydrogens (tertiary/aromatic N) is 1. The number of benzene rings is 2. The van der Waals surface area contributed by atoms with Crippen LogP contribution in [-0.4, -0.2) is 39.3 Å². The molecule has 1 unspecified atom stereocenters.